The second-order valence-corrected chi connectivity index (χ2v) is 5.73. The molecule has 1 aromatic heterocycles. The average molecular weight is 255 g/mol. The molecule has 1 saturated carbocycles. The summed E-state index contributed by atoms with van der Waals surface area (Å²) in [5.74, 6) is 0.910. The third-order valence-corrected chi connectivity index (χ3v) is 4.34. The Labute approximate surface area is 114 Å². The molecule has 0 spiro atoms. The van der Waals surface area contributed by atoms with Crippen LogP contribution in [0.2, 0.25) is 0 Å². The first kappa shape index (κ1) is 12.5. The Balaban J connectivity index is 1.76. The van der Waals surface area contributed by atoms with Crippen LogP contribution in [0.5, 0.6) is 0 Å². The van der Waals surface area contributed by atoms with Crippen molar-refractivity contribution in [3.8, 4) is 0 Å². The number of hydrogen-bond donors (Lipinski definition) is 1. The van der Waals surface area contributed by atoms with Gasteiger partial charge in [-0.15, -0.1) is 0 Å². The molecule has 1 N–H and O–H groups in total. The SMILES string of the molecule is O=C(CC1CCCCCC1)c1c[nH]c2ccccc12. The van der Waals surface area contributed by atoms with E-state index in [2.05, 4.69) is 4.98 Å². The largest absolute Gasteiger partial charge is 0.360 e. The highest BCUT2D eigenvalue weighted by molar-refractivity contribution is 6.07. The summed E-state index contributed by atoms with van der Waals surface area (Å²) in [6.45, 7) is 0. The molecule has 1 aliphatic carbocycles. The van der Waals surface area contributed by atoms with E-state index >= 15 is 0 Å². The topological polar surface area (TPSA) is 32.9 Å². The maximum atomic E-state index is 12.5. The molecule has 3 rings (SSSR count). The normalized spacial score (nSPS) is 17.5. The molecule has 2 nitrogen and oxygen atoms in total. The summed E-state index contributed by atoms with van der Waals surface area (Å²) in [6.07, 6.45) is 10.3. The molecular formula is C17H21NO. The predicted molar refractivity (Wildman–Crippen MR) is 78.4 cm³/mol. The molecule has 19 heavy (non-hydrogen) atoms. The summed E-state index contributed by atoms with van der Waals surface area (Å²) in [5, 5.41) is 1.07. The summed E-state index contributed by atoms with van der Waals surface area (Å²) in [7, 11) is 0. The van der Waals surface area contributed by atoms with Gasteiger partial charge in [-0.2, -0.15) is 0 Å². The maximum absolute atomic E-state index is 12.5. The molecule has 0 bridgehead atoms. The number of fused-ring (bicyclic) bond motifs is 1. The highest BCUT2D eigenvalue weighted by atomic mass is 16.1. The van der Waals surface area contributed by atoms with Crippen molar-refractivity contribution in [2.75, 3.05) is 0 Å². The third-order valence-electron chi connectivity index (χ3n) is 4.34. The van der Waals surface area contributed by atoms with Crippen LogP contribution >= 0.6 is 0 Å². The van der Waals surface area contributed by atoms with Crippen molar-refractivity contribution in [2.45, 2.75) is 44.9 Å². The number of hydrogen-bond acceptors (Lipinski definition) is 1. The Morgan fingerprint density at radius 3 is 2.63 bits per heavy atom. The fourth-order valence-electron chi connectivity index (χ4n) is 3.24. The first-order valence-electron chi connectivity index (χ1n) is 7.44. The van der Waals surface area contributed by atoms with Crippen molar-refractivity contribution in [2.24, 2.45) is 5.92 Å². The molecule has 100 valence electrons. The Morgan fingerprint density at radius 1 is 1.11 bits per heavy atom. The van der Waals surface area contributed by atoms with Gasteiger partial charge in [0.25, 0.3) is 0 Å². The minimum Gasteiger partial charge on any atom is -0.360 e. The average Bonchev–Trinajstić information content (AvgIpc) is 2.70. The second kappa shape index (κ2) is 5.60. The highest BCUT2D eigenvalue weighted by Crippen LogP contribution is 2.28. The van der Waals surface area contributed by atoms with Gasteiger partial charge in [-0.3, -0.25) is 4.79 Å². The smallest absolute Gasteiger partial charge is 0.165 e. The molecule has 0 unspecified atom stereocenters. The summed E-state index contributed by atoms with van der Waals surface area (Å²) in [5.41, 5.74) is 1.94. The molecule has 1 fully saturated rings. The van der Waals surface area contributed by atoms with Crippen molar-refractivity contribution in [1.29, 1.82) is 0 Å². The zero-order valence-corrected chi connectivity index (χ0v) is 11.3. The first-order valence-corrected chi connectivity index (χ1v) is 7.44. The van der Waals surface area contributed by atoms with Gasteiger partial charge in [0.15, 0.2) is 5.78 Å². The number of benzene rings is 1. The van der Waals surface area contributed by atoms with Crippen LogP contribution in [0.4, 0.5) is 0 Å². The van der Waals surface area contributed by atoms with Gasteiger partial charge in [0.2, 0.25) is 0 Å². The molecule has 0 atom stereocenters. The fraction of sp³-hybridized carbons (Fsp3) is 0.471. The van der Waals surface area contributed by atoms with Crippen molar-refractivity contribution < 1.29 is 4.79 Å². The number of H-pyrrole nitrogens is 1. The van der Waals surface area contributed by atoms with Crippen molar-refractivity contribution in [1.82, 2.24) is 4.98 Å². The number of aromatic amines is 1. The molecule has 1 aliphatic rings. The van der Waals surface area contributed by atoms with Gasteiger partial charge in [0, 0.05) is 29.1 Å². The Morgan fingerprint density at radius 2 is 1.84 bits per heavy atom. The highest BCUT2D eigenvalue weighted by Gasteiger charge is 2.19. The van der Waals surface area contributed by atoms with Crippen LogP contribution in [0.3, 0.4) is 0 Å². The molecule has 0 saturated heterocycles. The van der Waals surface area contributed by atoms with Crippen LogP contribution in [-0.2, 0) is 0 Å². The van der Waals surface area contributed by atoms with Gasteiger partial charge in [-0.25, -0.2) is 0 Å². The van der Waals surface area contributed by atoms with E-state index in [9.17, 15) is 4.79 Å². The molecule has 2 heteroatoms. The lowest BCUT2D eigenvalue weighted by Crippen LogP contribution is -2.08. The fourth-order valence-corrected chi connectivity index (χ4v) is 3.24. The number of para-hydroxylation sites is 1. The van der Waals surface area contributed by atoms with E-state index in [-0.39, 0.29) is 0 Å². The van der Waals surface area contributed by atoms with Crippen LogP contribution in [0.25, 0.3) is 10.9 Å². The number of Topliss-reactive ketones (excluding diaryl/α,β-unsaturated/α-hetero) is 1. The number of carbonyl (C=O) groups excluding carboxylic acids is 1. The molecule has 1 aromatic carbocycles. The number of ketones is 1. The minimum absolute atomic E-state index is 0.310. The number of aromatic nitrogens is 1. The minimum atomic E-state index is 0.310. The summed E-state index contributed by atoms with van der Waals surface area (Å²) in [6, 6.07) is 8.06. The van der Waals surface area contributed by atoms with Crippen LogP contribution in [0, 0.1) is 5.92 Å². The van der Waals surface area contributed by atoms with Gasteiger partial charge in [0.1, 0.15) is 0 Å². The van der Waals surface area contributed by atoms with Gasteiger partial charge in [0.05, 0.1) is 0 Å². The number of nitrogens with one attached hydrogen (secondary N) is 1. The van der Waals surface area contributed by atoms with E-state index in [0.29, 0.717) is 11.7 Å². The molecule has 0 amide bonds. The molecule has 0 aliphatic heterocycles. The van der Waals surface area contributed by atoms with Gasteiger partial charge in [-0.1, -0.05) is 56.7 Å². The standard InChI is InChI=1S/C17H21NO/c19-17(11-13-7-3-1-2-4-8-13)15-12-18-16-10-6-5-9-14(15)16/h5-6,9-10,12-13,18H,1-4,7-8,11H2. The molecule has 2 aromatic rings. The zero-order chi connectivity index (χ0) is 13.1. The van der Waals surface area contributed by atoms with Crippen LogP contribution in [-0.4, -0.2) is 10.8 Å². The Hall–Kier alpha value is -1.57. The van der Waals surface area contributed by atoms with E-state index in [1.165, 1.54) is 38.5 Å². The lowest BCUT2D eigenvalue weighted by atomic mass is 9.92. The van der Waals surface area contributed by atoms with E-state index in [1.807, 2.05) is 30.5 Å². The maximum Gasteiger partial charge on any atom is 0.165 e. The number of rotatable bonds is 3. The summed E-state index contributed by atoms with van der Waals surface area (Å²) >= 11 is 0. The van der Waals surface area contributed by atoms with E-state index in [4.69, 9.17) is 0 Å². The lowest BCUT2D eigenvalue weighted by molar-refractivity contribution is 0.0958. The van der Waals surface area contributed by atoms with E-state index in [0.717, 1.165) is 22.9 Å². The van der Waals surface area contributed by atoms with Gasteiger partial charge in [-0.05, 0) is 12.0 Å². The molecule has 0 radical (unpaired) electrons. The van der Waals surface area contributed by atoms with E-state index < -0.39 is 0 Å². The predicted octanol–water partition coefficient (Wildman–Crippen LogP) is 4.71. The molecule has 1 heterocycles. The van der Waals surface area contributed by atoms with E-state index in [1.54, 1.807) is 0 Å². The monoisotopic (exact) mass is 255 g/mol. The van der Waals surface area contributed by atoms with Crippen molar-refractivity contribution in [3.05, 3.63) is 36.0 Å². The third kappa shape index (κ3) is 2.73. The first-order chi connectivity index (χ1) is 9.34. The quantitative estimate of drug-likeness (QED) is 0.625. The van der Waals surface area contributed by atoms with Crippen LogP contribution in [0.15, 0.2) is 30.5 Å². The number of carbonyl (C=O) groups is 1. The van der Waals surface area contributed by atoms with Gasteiger partial charge < -0.3 is 4.98 Å². The van der Waals surface area contributed by atoms with Crippen LogP contribution < -0.4 is 0 Å². The summed E-state index contributed by atoms with van der Waals surface area (Å²) in [4.78, 5) is 15.7. The van der Waals surface area contributed by atoms with Crippen molar-refractivity contribution >= 4 is 16.7 Å². The second-order valence-electron chi connectivity index (χ2n) is 5.73. The van der Waals surface area contributed by atoms with Crippen LogP contribution in [0.1, 0.15) is 55.3 Å². The zero-order valence-electron chi connectivity index (χ0n) is 11.3. The van der Waals surface area contributed by atoms with Gasteiger partial charge >= 0.3 is 0 Å². The lowest BCUT2D eigenvalue weighted by Gasteiger charge is -2.12. The Kier molecular flexibility index (Phi) is 3.67. The van der Waals surface area contributed by atoms with Crippen molar-refractivity contribution in [3.63, 3.8) is 0 Å². The Bertz CT molecular complexity index is 561. The molecular weight excluding hydrogens is 234 g/mol. The summed E-state index contributed by atoms with van der Waals surface area (Å²) < 4.78 is 0.